The Morgan fingerprint density at radius 2 is 1.69 bits per heavy atom. The van der Waals surface area contributed by atoms with Gasteiger partial charge in [-0.3, -0.25) is 23.9 Å². The number of rotatable bonds is 11. The maximum atomic E-state index is 13.2. The van der Waals surface area contributed by atoms with Crippen LogP contribution in [0.5, 0.6) is 0 Å². The van der Waals surface area contributed by atoms with E-state index < -0.39 is 18.0 Å². The monoisotopic (exact) mass is 496 g/mol. The molecule has 1 aliphatic rings. The second kappa shape index (κ2) is 12.9. The number of amides is 4. The molecular weight excluding hydrogens is 460 g/mol. The van der Waals surface area contributed by atoms with Gasteiger partial charge in [0.05, 0.1) is 0 Å². The Bertz CT molecular complexity index is 1060. The molecule has 1 saturated carbocycles. The summed E-state index contributed by atoms with van der Waals surface area (Å²) in [6.45, 7) is 2.01. The smallest absolute Gasteiger partial charge is 0.270 e. The molecule has 194 valence electrons. The lowest BCUT2D eigenvalue weighted by molar-refractivity contribution is -0.127. The van der Waals surface area contributed by atoms with Crippen molar-refractivity contribution in [3.05, 3.63) is 53.3 Å². The van der Waals surface area contributed by atoms with Crippen LogP contribution in [0.1, 0.15) is 67.1 Å². The molecule has 2 atom stereocenters. The van der Waals surface area contributed by atoms with E-state index in [1.165, 1.54) is 4.68 Å². The Labute approximate surface area is 211 Å². The minimum atomic E-state index is -0.776. The second-order valence-corrected chi connectivity index (χ2v) is 9.30. The molecule has 5 N–H and O–H groups in total. The maximum Gasteiger partial charge on any atom is 0.270 e. The highest BCUT2D eigenvalue weighted by molar-refractivity contribution is 5.96. The molecule has 0 radical (unpaired) electrons. The zero-order valence-corrected chi connectivity index (χ0v) is 21.0. The van der Waals surface area contributed by atoms with E-state index >= 15 is 0 Å². The van der Waals surface area contributed by atoms with E-state index in [4.69, 9.17) is 5.73 Å². The molecule has 1 aromatic carbocycles. The van der Waals surface area contributed by atoms with Gasteiger partial charge in [-0.15, -0.1) is 0 Å². The van der Waals surface area contributed by atoms with Crippen LogP contribution in [-0.4, -0.2) is 45.5 Å². The fourth-order valence-corrected chi connectivity index (χ4v) is 4.52. The normalized spacial score (nSPS) is 15.5. The van der Waals surface area contributed by atoms with Crippen molar-refractivity contribution < 1.29 is 19.2 Å². The molecule has 0 aliphatic heterocycles. The van der Waals surface area contributed by atoms with Gasteiger partial charge in [-0.25, -0.2) is 0 Å². The van der Waals surface area contributed by atoms with Crippen molar-refractivity contribution in [2.45, 2.75) is 70.5 Å². The van der Waals surface area contributed by atoms with Crippen molar-refractivity contribution in [2.24, 2.45) is 18.7 Å². The van der Waals surface area contributed by atoms with Gasteiger partial charge in [0.2, 0.25) is 17.7 Å². The van der Waals surface area contributed by atoms with Crippen LogP contribution < -0.4 is 21.7 Å². The third-order valence-corrected chi connectivity index (χ3v) is 6.67. The van der Waals surface area contributed by atoms with Gasteiger partial charge in [0, 0.05) is 32.6 Å². The number of benzene rings is 1. The first-order chi connectivity index (χ1) is 17.3. The predicted octanol–water partition coefficient (Wildman–Crippen LogP) is 1.34. The third-order valence-electron chi connectivity index (χ3n) is 6.67. The standard InChI is InChI=1S/C26H36N6O4/c1-3-22(33)30-20(24(27)34)15-17-9-11-18(12-10-17)16-28-26(36)23(19-7-5-4-6-8-19)31-25(35)21-13-14-29-32(21)2/h9-14,19-20,23H,3-8,15-16H2,1-2H3,(H2,27,34)(H,28,36)(H,30,33)(H,31,35)/t20-,23+/m1/s1. The maximum absolute atomic E-state index is 13.2. The lowest BCUT2D eigenvalue weighted by atomic mass is 9.83. The van der Waals surface area contributed by atoms with Crippen molar-refractivity contribution >= 4 is 23.6 Å². The Hall–Kier alpha value is -3.69. The molecule has 0 bridgehead atoms. The molecule has 10 nitrogen and oxygen atoms in total. The van der Waals surface area contributed by atoms with Gasteiger partial charge in [-0.1, -0.05) is 50.5 Å². The Balaban J connectivity index is 1.61. The predicted molar refractivity (Wildman–Crippen MR) is 134 cm³/mol. The molecule has 36 heavy (non-hydrogen) atoms. The van der Waals surface area contributed by atoms with E-state index in [2.05, 4.69) is 21.0 Å². The Morgan fingerprint density at radius 3 is 2.28 bits per heavy atom. The molecule has 1 aliphatic carbocycles. The van der Waals surface area contributed by atoms with Crippen LogP contribution in [-0.2, 0) is 34.4 Å². The number of nitrogens with one attached hydrogen (secondary N) is 3. The summed E-state index contributed by atoms with van der Waals surface area (Å²) < 4.78 is 1.49. The lowest BCUT2D eigenvalue weighted by Crippen LogP contribution is -2.51. The molecule has 2 aromatic rings. The summed E-state index contributed by atoms with van der Waals surface area (Å²) in [7, 11) is 1.69. The van der Waals surface area contributed by atoms with Gasteiger partial charge in [0.25, 0.3) is 5.91 Å². The van der Waals surface area contributed by atoms with Gasteiger partial charge < -0.3 is 21.7 Å². The molecule has 0 unspecified atom stereocenters. The van der Waals surface area contributed by atoms with E-state index in [0.717, 1.165) is 43.2 Å². The zero-order chi connectivity index (χ0) is 26.1. The van der Waals surface area contributed by atoms with Gasteiger partial charge in [0.1, 0.15) is 17.8 Å². The summed E-state index contributed by atoms with van der Waals surface area (Å²) in [6, 6.07) is 7.64. The molecule has 0 spiro atoms. The van der Waals surface area contributed by atoms with E-state index in [9.17, 15) is 19.2 Å². The highest BCUT2D eigenvalue weighted by atomic mass is 16.2. The van der Waals surface area contributed by atoms with E-state index in [-0.39, 0.29) is 36.5 Å². The lowest BCUT2D eigenvalue weighted by Gasteiger charge is -2.30. The highest BCUT2D eigenvalue weighted by Crippen LogP contribution is 2.27. The summed E-state index contributed by atoms with van der Waals surface area (Å²) in [5.74, 6) is -1.26. The van der Waals surface area contributed by atoms with Crippen LogP contribution in [0.15, 0.2) is 36.5 Å². The van der Waals surface area contributed by atoms with Crippen molar-refractivity contribution in [3.63, 3.8) is 0 Å². The van der Waals surface area contributed by atoms with Crippen LogP contribution in [0.25, 0.3) is 0 Å². The summed E-state index contributed by atoms with van der Waals surface area (Å²) in [4.78, 5) is 49.3. The van der Waals surface area contributed by atoms with Gasteiger partial charge in [-0.2, -0.15) is 5.10 Å². The number of aromatic nitrogens is 2. The summed E-state index contributed by atoms with van der Waals surface area (Å²) in [5, 5.41) is 12.6. The topological polar surface area (TPSA) is 148 Å². The average molecular weight is 497 g/mol. The van der Waals surface area contributed by atoms with Crippen LogP contribution in [0.4, 0.5) is 0 Å². The number of carbonyl (C=O) groups excluding carboxylic acids is 4. The van der Waals surface area contributed by atoms with Gasteiger partial charge >= 0.3 is 0 Å². The number of hydrogen-bond acceptors (Lipinski definition) is 5. The largest absolute Gasteiger partial charge is 0.368 e. The number of aryl methyl sites for hydroxylation is 1. The SMILES string of the molecule is CCC(=O)N[C@H](Cc1ccc(CNC(=O)[C@@H](NC(=O)c2ccnn2C)C2CCCCC2)cc1)C(N)=O. The average Bonchev–Trinajstić information content (AvgIpc) is 3.32. The summed E-state index contributed by atoms with van der Waals surface area (Å²) in [5.41, 5.74) is 7.55. The minimum Gasteiger partial charge on any atom is -0.368 e. The molecule has 4 amide bonds. The number of primary amides is 1. The fourth-order valence-electron chi connectivity index (χ4n) is 4.52. The number of nitrogens with zero attached hydrogens (tertiary/aromatic N) is 2. The molecule has 10 heteroatoms. The van der Waals surface area contributed by atoms with E-state index in [1.54, 1.807) is 26.2 Å². The first-order valence-corrected chi connectivity index (χ1v) is 12.5. The first-order valence-electron chi connectivity index (χ1n) is 12.5. The number of hydrogen-bond donors (Lipinski definition) is 4. The Kier molecular flexibility index (Phi) is 9.61. The number of nitrogens with two attached hydrogens (primary N) is 1. The fraction of sp³-hybridized carbons (Fsp3) is 0.500. The van der Waals surface area contributed by atoms with Crippen molar-refractivity contribution in [3.8, 4) is 0 Å². The second-order valence-electron chi connectivity index (χ2n) is 9.30. The molecule has 0 saturated heterocycles. The molecular formula is C26H36N6O4. The van der Waals surface area contributed by atoms with Crippen molar-refractivity contribution in [1.82, 2.24) is 25.7 Å². The van der Waals surface area contributed by atoms with Crippen LogP contribution in [0.3, 0.4) is 0 Å². The van der Waals surface area contributed by atoms with Crippen LogP contribution in [0, 0.1) is 5.92 Å². The van der Waals surface area contributed by atoms with Crippen LogP contribution >= 0.6 is 0 Å². The van der Waals surface area contributed by atoms with Crippen molar-refractivity contribution in [2.75, 3.05) is 0 Å². The minimum absolute atomic E-state index is 0.0855. The Morgan fingerprint density at radius 1 is 1.03 bits per heavy atom. The first kappa shape index (κ1) is 26.9. The molecule has 1 heterocycles. The number of carbonyl (C=O) groups is 4. The highest BCUT2D eigenvalue weighted by Gasteiger charge is 2.31. The molecule has 3 rings (SSSR count). The van der Waals surface area contributed by atoms with E-state index in [0.29, 0.717) is 12.2 Å². The van der Waals surface area contributed by atoms with Gasteiger partial charge in [0.15, 0.2) is 0 Å². The van der Waals surface area contributed by atoms with E-state index in [1.807, 2.05) is 24.3 Å². The third kappa shape index (κ3) is 7.40. The quantitative estimate of drug-likeness (QED) is 0.370. The van der Waals surface area contributed by atoms with Crippen molar-refractivity contribution in [1.29, 1.82) is 0 Å². The molecule has 1 aromatic heterocycles. The summed E-state index contributed by atoms with van der Waals surface area (Å²) in [6.07, 6.45) is 7.14. The zero-order valence-electron chi connectivity index (χ0n) is 21.0. The summed E-state index contributed by atoms with van der Waals surface area (Å²) >= 11 is 0. The molecule has 1 fully saturated rings. The van der Waals surface area contributed by atoms with Gasteiger partial charge in [-0.05, 0) is 36.0 Å². The van der Waals surface area contributed by atoms with Crippen LogP contribution in [0.2, 0.25) is 0 Å².